The SMILES string of the molecule is CC(=O)c1cccc(C(C)=Nc2c(C)cc(Cc3cc(C)c(N=C(C)c4cccc(C(C)=O)n4)c(C)c3)cc2C)n1. The van der Waals surface area contributed by atoms with Crippen molar-refractivity contribution in [3.8, 4) is 0 Å². The van der Waals surface area contributed by atoms with Gasteiger partial charge in [-0.1, -0.05) is 36.4 Å². The topological polar surface area (TPSA) is 84.6 Å². The van der Waals surface area contributed by atoms with E-state index in [0.29, 0.717) is 22.8 Å². The van der Waals surface area contributed by atoms with Crippen LogP contribution in [0.2, 0.25) is 0 Å². The zero-order valence-electron chi connectivity index (χ0n) is 25.1. The fourth-order valence-electron chi connectivity index (χ4n) is 5.00. The van der Waals surface area contributed by atoms with Crippen molar-refractivity contribution in [1.82, 2.24) is 9.97 Å². The highest BCUT2D eigenvalue weighted by atomic mass is 16.1. The fraction of sp³-hybridized carbons (Fsp3) is 0.257. The number of aromatic nitrogens is 2. The van der Waals surface area contributed by atoms with Gasteiger partial charge in [0.2, 0.25) is 0 Å². The highest BCUT2D eigenvalue weighted by Crippen LogP contribution is 2.30. The Hall–Kier alpha value is -4.58. The van der Waals surface area contributed by atoms with Crippen LogP contribution in [0.15, 0.2) is 70.6 Å². The first-order valence-electron chi connectivity index (χ1n) is 13.7. The minimum absolute atomic E-state index is 0.0618. The number of carbonyl (C=O) groups is 2. The van der Waals surface area contributed by atoms with Gasteiger partial charge in [-0.15, -0.1) is 0 Å². The maximum atomic E-state index is 11.8. The van der Waals surface area contributed by atoms with Crippen molar-refractivity contribution in [2.75, 3.05) is 0 Å². The lowest BCUT2D eigenvalue weighted by atomic mass is 9.96. The Morgan fingerprint density at radius 1 is 0.561 bits per heavy atom. The summed E-state index contributed by atoms with van der Waals surface area (Å²) < 4.78 is 0. The average molecular weight is 545 g/mol. The summed E-state index contributed by atoms with van der Waals surface area (Å²) in [5.41, 5.74) is 12.5. The standard InChI is InChI=1S/C35H36N4O2/c1-20-15-28(16-21(2)34(20)36-24(5)30-11-9-13-32(38-30)26(7)40)19-29-17-22(3)35(23(4)18-29)37-25(6)31-12-10-14-33(39-31)27(8)41/h9-18H,19H2,1-8H3. The number of pyridine rings is 2. The number of ketones is 2. The van der Waals surface area contributed by atoms with E-state index in [1.807, 2.05) is 38.1 Å². The second kappa shape index (κ2) is 12.3. The first-order chi connectivity index (χ1) is 19.4. The van der Waals surface area contributed by atoms with Crippen LogP contribution in [0.4, 0.5) is 11.4 Å². The van der Waals surface area contributed by atoms with Gasteiger partial charge < -0.3 is 0 Å². The summed E-state index contributed by atoms with van der Waals surface area (Å²) in [6.45, 7) is 15.2. The molecule has 4 aromatic rings. The molecular weight excluding hydrogens is 508 g/mol. The molecule has 0 saturated carbocycles. The summed E-state index contributed by atoms with van der Waals surface area (Å²) in [7, 11) is 0. The van der Waals surface area contributed by atoms with E-state index in [2.05, 4.69) is 61.9 Å². The molecule has 0 spiro atoms. The summed E-state index contributed by atoms with van der Waals surface area (Å²) in [4.78, 5) is 42.2. The van der Waals surface area contributed by atoms with Gasteiger partial charge in [0, 0.05) is 13.8 Å². The second-order valence-corrected chi connectivity index (χ2v) is 10.7. The van der Waals surface area contributed by atoms with Crippen molar-refractivity contribution in [1.29, 1.82) is 0 Å². The molecule has 2 heterocycles. The lowest BCUT2D eigenvalue weighted by molar-refractivity contribution is 0.100. The van der Waals surface area contributed by atoms with Gasteiger partial charge in [0.15, 0.2) is 11.6 Å². The van der Waals surface area contributed by atoms with Crippen molar-refractivity contribution < 1.29 is 9.59 Å². The van der Waals surface area contributed by atoms with E-state index in [0.717, 1.165) is 51.5 Å². The first kappa shape index (κ1) is 29.4. The molecule has 2 aromatic heterocycles. The number of Topliss-reactive ketones (excluding diaryl/α,β-unsaturated/α-hetero) is 2. The van der Waals surface area contributed by atoms with Gasteiger partial charge in [-0.3, -0.25) is 19.6 Å². The Morgan fingerprint density at radius 2 is 0.878 bits per heavy atom. The van der Waals surface area contributed by atoms with Crippen LogP contribution in [0.5, 0.6) is 0 Å². The number of benzene rings is 2. The van der Waals surface area contributed by atoms with Crippen LogP contribution >= 0.6 is 0 Å². The van der Waals surface area contributed by atoms with Gasteiger partial charge in [0.1, 0.15) is 11.4 Å². The Labute approximate surface area is 242 Å². The molecule has 0 aliphatic carbocycles. The molecule has 0 bridgehead atoms. The monoisotopic (exact) mass is 544 g/mol. The number of hydrogen-bond acceptors (Lipinski definition) is 6. The summed E-state index contributed by atoms with van der Waals surface area (Å²) in [5, 5.41) is 0. The van der Waals surface area contributed by atoms with Crippen LogP contribution in [-0.2, 0) is 6.42 Å². The Morgan fingerprint density at radius 3 is 1.20 bits per heavy atom. The maximum absolute atomic E-state index is 11.8. The average Bonchev–Trinajstić information content (AvgIpc) is 2.92. The molecular formula is C35H36N4O2. The number of aliphatic imine (C=N–C) groups is 2. The molecule has 0 aliphatic rings. The largest absolute Gasteiger partial charge is 0.293 e. The van der Waals surface area contributed by atoms with E-state index < -0.39 is 0 Å². The molecule has 0 amide bonds. The van der Waals surface area contributed by atoms with Crippen molar-refractivity contribution in [2.24, 2.45) is 9.98 Å². The van der Waals surface area contributed by atoms with Crippen LogP contribution in [-0.4, -0.2) is 33.0 Å². The van der Waals surface area contributed by atoms with E-state index in [9.17, 15) is 9.59 Å². The second-order valence-electron chi connectivity index (χ2n) is 10.7. The predicted octanol–water partition coefficient (Wildman–Crippen LogP) is 7.99. The zero-order chi connectivity index (χ0) is 29.8. The third-order valence-corrected chi connectivity index (χ3v) is 7.03. The Balaban J connectivity index is 1.59. The summed E-state index contributed by atoms with van der Waals surface area (Å²) in [5.74, 6) is -0.124. The molecule has 4 rings (SSSR count). The quantitative estimate of drug-likeness (QED) is 0.166. The number of rotatable bonds is 8. The minimum atomic E-state index is -0.0618. The molecule has 0 N–H and O–H groups in total. The van der Waals surface area contributed by atoms with Crippen LogP contribution in [0, 0.1) is 27.7 Å². The molecule has 0 fully saturated rings. The highest BCUT2D eigenvalue weighted by Gasteiger charge is 2.12. The molecule has 6 nitrogen and oxygen atoms in total. The smallest absolute Gasteiger partial charge is 0.178 e. The molecule has 0 atom stereocenters. The molecule has 0 aliphatic heterocycles. The van der Waals surface area contributed by atoms with Crippen molar-refractivity contribution in [3.63, 3.8) is 0 Å². The maximum Gasteiger partial charge on any atom is 0.178 e. The highest BCUT2D eigenvalue weighted by molar-refractivity contribution is 6.01. The lowest BCUT2D eigenvalue weighted by Gasteiger charge is -2.13. The van der Waals surface area contributed by atoms with Crippen LogP contribution < -0.4 is 0 Å². The van der Waals surface area contributed by atoms with Crippen LogP contribution in [0.25, 0.3) is 0 Å². The number of nitrogens with zero attached hydrogens (tertiary/aromatic N) is 4. The van der Waals surface area contributed by atoms with Crippen LogP contribution in [0.3, 0.4) is 0 Å². The molecule has 0 saturated heterocycles. The van der Waals surface area contributed by atoms with E-state index in [1.165, 1.54) is 25.0 Å². The minimum Gasteiger partial charge on any atom is -0.293 e. The van der Waals surface area contributed by atoms with Crippen molar-refractivity contribution in [3.05, 3.63) is 117 Å². The van der Waals surface area contributed by atoms with Gasteiger partial charge in [0.25, 0.3) is 0 Å². The van der Waals surface area contributed by atoms with E-state index >= 15 is 0 Å². The van der Waals surface area contributed by atoms with Crippen molar-refractivity contribution in [2.45, 2.75) is 61.8 Å². The first-order valence-corrected chi connectivity index (χ1v) is 13.7. The lowest BCUT2D eigenvalue weighted by Crippen LogP contribution is -2.04. The molecule has 2 aromatic carbocycles. The van der Waals surface area contributed by atoms with Gasteiger partial charge >= 0.3 is 0 Å². The van der Waals surface area contributed by atoms with Crippen LogP contribution in [0.1, 0.15) is 93.4 Å². The number of carbonyl (C=O) groups excluding carboxylic acids is 2. The third kappa shape index (κ3) is 6.95. The fourth-order valence-corrected chi connectivity index (χ4v) is 5.00. The van der Waals surface area contributed by atoms with E-state index in [4.69, 9.17) is 9.98 Å². The Bertz CT molecular complexity index is 1560. The predicted molar refractivity (Wildman–Crippen MR) is 167 cm³/mol. The van der Waals surface area contributed by atoms with Gasteiger partial charge in [0.05, 0.1) is 34.2 Å². The zero-order valence-corrected chi connectivity index (χ0v) is 25.1. The molecule has 41 heavy (non-hydrogen) atoms. The van der Waals surface area contributed by atoms with E-state index in [1.54, 1.807) is 12.1 Å². The third-order valence-electron chi connectivity index (χ3n) is 7.03. The van der Waals surface area contributed by atoms with Gasteiger partial charge in [-0.25, -0.2) is 9.97 Å². The molecule has 6 heteroatoms. The molecule has 0 radical (unpaired) electrons. The normalized spacial score (nSPS) is 12.0. The van der Waals surface area contributed by atoms with Crippen molar-refractivity contribution >= 4 is 34.4 Å². The van der Waals surface area contributed by atoms with Gasteiger partial charge in [-0.05, 0) is 106 Å². The van der Waals surface area contributed by atoms with Gasteiger partial charge in [-0.2, -0.15) is 0 Å². The summed E-state index contributed by atoms with van der Waals surface area (Å²) in [6, 6.07) is 19.6. The van der Waals surface area contributed by atoms with E-state index in [-0.39, 0.29) is 11.6 Å². The number of aryl methyl sites for hydroxylation is 4. The Kier molecular flexibility index (Phi) is 8.82. The summed E-state index contributed by atoms with van der Waals surface area (Å²) in [6.07, 6.45) is 0.791. The summed E-state index contributed by atoms with van der Waals surface area (Å²) >= 11 is 0. The molecule has 208 valence electrons. The number of hydrogen-bond donors (Lipinski definition) is 0. The molecule has 0 unspecified atom stereocenters.